The number of hydrogen-bond acceptors (Lipinski definition) is 3. The molecule has 2 fully saturated rings. The van der Waals surface area contributed by atoms with Crippen LogP contribution in [0.15, 0.2) is 42.5 Å². The molecule has 2 aromatic carbocycles. The Morgan fingerprint density at radius 1 is 1.03 bits per heavy atom. The van der Waals surface area contributed by atoms with E-state index in [0.717, 1.165) is 63.5 Å². The first-order chi connectivity index (χ1) is 17.6. The van der Waals surface area contributed by atoms with E-state index in [1.54, 1.807) is 6.07 Å². The van der Waals surface area contributed by atoms with Crippen molar-refractivity contribution in [1.29, 1.82) is 0 Å². The van der Waals surface area contributed by atoms with Crippen LogP contribution in [0.25, 0.3) is 11.0 Å². The minimum absolute atomic E-state index is 0.0471. The number of imidazole rings is 1. The summed E-state index contributed by atoms with van der Waals surface area (Å²) in [4.78, 5) is 18.8. The van der Waals surface area contributed by atoms with Gasteiger partial charge >= 0.3 is 0 Å². The van der Waals surface area contributed by atoms with Crippen molar-refractivity contribution in [1.82, 2.24) is 14.9 Å². The Morgan fingerprint density at radius 2 is 1.72 bits per heavy atom. The summed E-state index contributed by atoms with van der Waals surface area (Å²) < 4.78 is 22.6. The zero-order chi connectivity index (χ0) is 24.9. The number of nitrogens with zero attached hydrogens (tertiary/aromatic N) is 2. The van der Waals surface area contributed by atoms with E-state index >= 15 is 0 Å². The number of halogens is 1. The van der Waals surface area contributed by atoms with E-state index in [2.05, 4.69) is 24.4 Å². The highest BCUT2D eigenvalue weighted by atomic mass is 19.1. The Balaban J connectivity index is 1.50. The molecule has 6 heteroatoms. The van der Waals surface area contributed by atoms with E-state index in [-0.39, 0.29) is 30.3 Å². The van der Waals surface area contributed by atoms with Gasteiger partial charge in [0.05, 0.1) is 11.0 Å². The Hall–Kier alpha value is -2.89. The van der Waals surface area contributed by atoms with Crippen LogP contribution in [0, 0.1) is 11.7 Å². The molecule has 5 rings (SSSR count). The molecule has 0 saturated heterocycles. The van der Waals surface area contributed by atoms with Gasteiger partial charge in [0.25, 0.3) is 0 Å². The van der Waals surface area contributed by atoms with Crippen LogP contribution in [-0.4, -0.2) is 21.5 Å². The number of benzene rings is 2. The summed E-state index contributed by atoms with van der Waals surface area (Å²) in [5.74, 6) is 1.36. The van der Waals surface area contributed by atoms with Gasteiger partial charge in [-0.05, 0) is 73.9 Å². The lowest BCUT2D eigenvalue weighted by Crippen LogP contribution is -2.44. The fourth-order valence-corrected chi connectivity index (χ4v) is 6.02. The number of carbonyl (C=O) groups excluding carboxylic acids is 1. The zero-order valence-electron chi connectivity index (χ0n) is 21.3. The molecule has 2 aliphatic rings. The van der Waals surface area contributed by atoms with E-state index < -0.39 is 6.04 Å². The maximum Gasteiger partial charge on any atom is 0.243 e. The molecule has 2 aliphatic carbocycles. The number of ether oxygens (including phenoxy) is 1. The van der Waals surface area contributed by atoms with Crippen LogP contribution in [0.1, 0.15) is 88.6 Å². The lowest BCUT2D eigenvalue weighted by molar-refractivity contribution is -0.127. The van der Waals surface area contributed by atoms with Gasteiger partial charge in [0.15, 0.2) is 0 Å². The Bertz CT molecular complexity index is 1160. The van der Waals surface area contributed by atoms with Crippen molar-refractivity contribution in [2.24, 2.45) is 5.92 Å². The molecule has 1 heterocycles. The van der Waals surface area contributed by atoms with Crippen LogP contribution in [0.3, 0.4) is 0 Å². The van der Waals surface area contributed by atoms with E-state index in [1.807, 2.05) is 16.7 Å². The van der Waals surface area contributed by atoms with E-state index in [9.17, 15) is 9.18 Å². The molecular weight excluding hydrogens is 453 g/mol. The molecule has 2 saturated carbocycles. The third-order valence-corrected chi connectivity index (χ3v) is 8.02. The Kier molecular flexibility index (Phi) is 7.88. The number of rotatable bonds is 8. The molecule has 0 aliphatic heterocycles. The third-order valence-electron chi connectivity index (χ3n) is 8.02. The van der Waals surface area contributed by atoms with Gasteiger partial charge in [-0.2, -0.15) is 0 Å². The summed E-state index contributed by atoms with van der Waals surface area (Å²) in [6.45, 7) is 2.35. The van der Waals surface area contributed by atoms with Crippen LogP contribution < -0.4 is 10.1 Å². The van der Waals surface area contributed by atoms with Gasteiger partial charge in [-0.25, -0.2) is 9.37 Å². The van der Waals surface area contributed by atoms with Gasteiger partial charge in [0.2, 0.25) is 5.91 Å². The first kappa shape index (κ1) is 24.8. The molecule has 1 amide bonds. The molecule has 192 valence electrons. The minimum atomic E-state index is -0.417. The highest BCUT2D eigenvalue weighted by Crippen LogP contribution is 2.37. The smallest absolute Gasteiger partial charge is 0.243 e. The minimum Gasteiger partial charge on any atom is -0.486 e. The normalized spacial score (nSPS) is 18.3. The van der Waals surface area contributed by atoms with E-state index in [1.165, 1.54) is 30.5 Å². The summed E-state index contributed by atoms with van der Waals surface area (Å²) in [7, 11) is 0. The number of nitrogens with one attached hydrogen (secondary N) is 1. The fourth-order valence-electron chi connectivity index (χ4n) is 6.02. The summed E-state index contributed by atoms with van der Waals surface area (Å²) in [5.41, 5.74) is 2.62. The topological polar surface area (TPSA) is 56.2 Å². The summed E-state index contributed by atoms with van der Waals surface area (Å²) >= 11 is 0. The zero-order valence-corrected chi connectivity index (χ0v) is 21.3. The predicted molar refractivity (Wildman–Crippen MR) is 140 cm³/mol. The van der Waals surface area contributed by atoms with Gasteiger partial charge in [0, 0.05) is 6.04 Å². The SMILES string of the molecule is CCc1ccc(OCc2nc3ccc(F)cc3n2C(C(=O)NC2CCCCC2)C2CCCCC2)cc1. The highest BCUT2D eigenvalue weighted by molar-refractivity contribution is 5.85. The molecule has 0 bridgehead atoms. The maximum absolute atomic E-state index is 14.5. The van der Waals surface area contributed by atoms with Crippen molar-refractivity contribution >= 4 is 16.9 Å². The predicted octanol–water partition coefficient (Wildman–Crippen LogP) is 6.89. The maximum atomic E-state index is 14.5. The Labute approximate surface area is 213 Å². The number of aryl methyl sites for hydroxylation is 1. The number of amides is 1. The third kappa shape index (κ3) is 5.58. The second-order valence-electron chi connectivity index (χ2n) is 10.5. The van der Waals surface area contributed by atoms with Gasteiger partial charge in [-0.15, -0.1) is 0 Å². The molecule has 5 nitrogen and oxygen atoms in total. The molecule has 1 unspecified atom stereocenters. The molecule has 36 heavy (non-hydrogen) atoms. The van der Waals surface area contributed by atoms with Crippen molar-refractivity contribution in [3.63, 3.8) is 0 Å². The number of hydrogen-bond donors (Lipinski definition) is 1. The average molecular weight is 492 g/mol. The lowest BCUT2D eigenvalue weighted by Gasteiger charge is -2.33. The summed E-state index contributed by atoms with van der Waals surface area (Å²) in [6, 6.07) is 12.5. The van der Waals surface area contributed by atoms with Crippen molar-refractivity contribution in [2.45, 2.75) is 96.2 Å². The van der Waals surface area contributed by atoms with Gasteiger partial charge in [0.1, 0.15) is 30.0 Å². The molecular formula is C30H38FN3O2. The largest absolute Gasteiger partial charge is 0.486 e. The molecule has 3 aromatic rings. The number of carbonyl (C=O) groups is 1. The lowest BCUT2D eigenvalue weighted by atomic mass is 9.83. The first-order valence-electron chi connectivity index (χ1n) is 13.8. The van der Waals surface area contributed by atoms with Gasteiger partial charge < -0.3 is 14.6 Å². The molecule has 1 N–H and O–H groups in total. The molecule has 0 spiro atoms. The van der Waals surface area contributed by atoms with Crippen molar-refractivity contribution in [2.75, 3.05) is 0 Å². The van der Waals surface area contributed by atoms with E-state index in [0.29, 0.717) is 16.9 Å². The average Bonchev–Trinajstić information content (AvgIpc) is 3.26. The van der Waals surface area contributed by atoms with Crippen LogP contribution in [0.4, 0.5) is 4.39 Å². The summed E-state index contributed by atoms with van der Waals surface area (Å²) in [5, 5.41) is 3.38. The van der Waals surface area contributed by atoms with E-state index in [4.69, 9.17) is 9.72 Å². The molecule has 0 radical (unpaired) electrons. The quantitative estimate of drug-likeness (QED) is 0.373. The van der Waals surface area contributed by atoms with Crippen LogP contribution >= 0.6 is 0 Å². The second kappa shape index (κ2) is 11.4. The van der Waals surface area contributed by atoms with Gasteiger partial charge in [-0.3, -0.25) is 4.79 Å². The number of fused-ring (bicyclic) bond motifs is 1. The first-order valence-corrected chi connectivity index (χ1v) is 13.8. The van der Waals surface area contributed by atoms with Crippen molar-refractivity contribution in [3.8, 4) is 5.75 Å². The monoisotopic (exact) mass is 491 g/mol. The second-order valence-corrected chi connectivity index (χ2v) is 10.5. The molecule has 1 aromatic heterocycles. The van der Waals surface area contributed by atoms with Crippen molar-refractivity contribution in [3.05, 3.63) is 59.7 Å². The van der Waals surface area contributed by atoms with Crippen molar-refractivity contribution < 1.29 is 13.9 Å². The number of aromatic nitrogens is 2. The fraction of sp³-hybridized carbons (Fsp3) is 0.533. The molecule has 1 atom stereocenters. The standard InChI is InChI=1S/C30H38FN3O2/c1-2-21-13-16-25(17-14-21)36-20-28-33-26-18-15-23(31)19-27(26)34(28)29(22-9-5-3-6-10-22)30(35)32-24-11-7-4-8-12-24/h13-19,22,24,29H,2-12,20H2,1H3,(H,32,35). The van der Waals surface area contributed by atoms with Crippen LogP contribution in [0.2, 0.25) is 0 Å². The Morgan fingerprint density at radius 3 is 2.42 bits per heavy atom. The van der Waals surface area contributed by atoms with Crippen LogP contribution in [0.5, 0.6) is 5.75 Å². The van der Waals surface area contributed by atoms with Crippen LogP contribution in [-0.2, 0) is 17.8 Å². The highest BCUT2D eigenvalue weighted by Gasteiger charge is 2.35. The summed E-state index contributed by atoms with van der Waals surface area (Å²) in [6.07, 6.45) is 12.0. The van der Waals surface area contributed by atoms with Gasteiger partial charge in [-0.1, -0.05) is 57.6 Å².